The third-order valence-electron chi connectivity index (χ3n) is 2.86. The van der Waals surface area contributed by atoms with Gasteiger partial charge in [-0.05, 0) is 23.3 Å². The summed E-state index contributed by atoms with van der Waals surface area (Å²) >= 11 is 0. The normalized spacial score (nSPS) is 11.1. The van der Waals surface area contributed by atoms with Crippen molar-refractivity contribution in [2.45, 2.75) is 0 Å². The molecule has 0 aromatic heterocycles. The van der Waals surface area contributed by atoms with E-state index in [9.17, 15) is 4.79 Å². The van der Waals surface area contributed by atoms with Crippen LogP contribution >= 0.6 is 0 Å². The van der Waals surface area contributed by atoms with Gasteiger partial charge in [0.15, 0.2) is 0 Å². The molecule has 0 aliphatic heterocycles. The fourth-order valence-electron chi connectivity index (χ4n) is 1.68. The predicted molar refractivity (Wildman–Crippen MR) is 83.7 cm³/mol. The largest absolute Gasteiger partial charge is 0.319 e. The zero-order chi connectivity index (χ0) is 14.2. The van der Waals surface area contributed by atoms with E-state index < -0.39 is 0 Å². The van der Waals surface area contributed by atoms with Gasteiger partial charge in [-0.2, -0.15) is 0 Å². The Balaban J connectivity index is 1.96. The Bertz CT molecular complexity index is 600. The summed E-state index contributed by atoms with van der Waals surface area (Å²) in [6.07, 6.45) is 7.07. The standard InChI is InChI=1S/C18H17NO/c1-19(15-14-17-10-6-3-7-11-17)18(20)13-12-16-8-4-2-5-9-16/h2-15H,1H3/b13-12+,15-14?. The SMILES string of the molecule is CN(C=Cc1ccccc1)C(=O)/C=C/c1ccccc1. The van der Waals surface area contributed by atoms with Crippen LogP contribution in [0.4, 0.5) is 0 Å². The van der Waals surface area contributed by atoms with Crippen LogP contribution in [0.2, 0.25) is 0 Å². The second-order valence-electron chi connectivity index (χ2n) is 4.42. The number of hydrogen-bond donors (Lipinski definition) is 0. The highest BCUT2D eigenvalue weighted by Gasteiger charge is 1.99. The van der Waals surface area contributed by atoms with E-state index in [1.54, 1.807) is 24.2 Å². The molecule has 2 heteroatoms. The molecule has 0 fully saturated rings. The number of likely N-dealkylation sites (N-methyl/N-ethyl adjacent to an activating group) is 1. The lowest BCUT2D eigenvalue weighted by molar-refractivity contribution is -0.122. The number of carbonyl (C=O) groups excluding carboxylic acids is 1. The maximum atomic E-state index is 11.9. The minimum absolute atomic E-state index is 0.0546. The second kappa shape index (κ2) is 7.10. The Morgan fingerprint density at radius 3 is 1.90 bits per heavy atom. The molecule has 0 saturated heterocycles. The van der Waals surface area contributed by atoms with Gasteiger partial charge in [-0.1, -0.05) is 60.7 Å². The highest BCUT2D eigenvalue weighted by Crippen LogP contribution is 2.04. The topological polar surface area (TPSA) is 20.3 Å². The number of nitrogens with zero attached hydrogens (tertiary/aromatic N) is 1. The van der Waals surface area contributed by atoms with Gasteiger partial charge in [-0.25, -0.2) is 0 Å². The molecule has 0 heterocycles. The number of carbonyl (C=O) groups is 1. The zero-order valence-electron chi connectivity index (χ0n) is 11.4. The lowest BCUT2D eigenvalue weighted by Crippen LogP contribution is -2.17. The van der Waals surface area contributed by atoms with Gasteiger partial charge in [0.25, 0.3) is 0 Å². The molecule has 2 aromatic carbocycles. The first-order valence-electron chi connectivity index (χ1n) is 6.49. The van der Waals surface area contributed by atoms with E-state index in [2.05, 4.69) is 0 Å². The molecule has 2 nitrogen and oxygen atoms in total. The molecule has 0 aliphatic carbocycles. The molecule has 2 rings (SSSR count). The van der Waals surface area contributed by atoms with Crippen molar-refractivity contribution < 1.29 is 4.79 Å². The van der Waals surface area contributed by atoms with E-state index in [-0.39, 0.29) is 5.91 Å². The van der Waals surface area contributed by atoms with Crippen molar-refractivity contribution in [2.75, 3.05) is 7.05 Å². The van der Waals surface area contributed by atoms with Gasteiger partial charge in [-0.15, -0.1) is 0 Å². The van der Waals surface area contributed by atoms with E-state index in [1.165, 1.54) is 0 Å². The van der Waals surface area contributed by atoms with Crippen molar-refractivity contribution in [3.8, 4) is 0 Å². The van der Waals surface area contributed by atoms with Crippen LogP contribution in [0.1, 0.15) is 11.1 Å². The van der Waals surface area contributed by atoms with Crippen molar-refractivity contribution >= 4 is 18.1 Å². The summed E-state index contributed by atoms with van der Waals surface area (Å²) in [4.78, 5) is 13.5. The summed E-state index contributed by atoms with van der Waals surface area (Å²) in [5.41, 5.74) is 2.08. The highest BCUT2D eigenvalue weighted by molar-refractivity contribution is 5.92. The minimum Gasteiger partial charge on any atom is -0.319 e. The van der Waals surface area contributed by atoms with E-state index in [0.29, 0.717) is 0 Å². The van der Waals surface area contributed by atoms with Crippen LogP contribution in [-0.2, 0) is 4.79 Å². The predicted octanol–water partition coefficient (Wildman–Crippen LogP) is 3.83. The summed E-state index contributed by atoms with van der Waals surface area (Å²) in [7, 11) is 1.75. The van der Waals surface area contributed by atoms with Gasteiger partial charge >= 0.3 is 0 Å². The summed E-state index contributed by atoms with van der Waals surface area (Å²) in [5, 5.41) is 0. The van der Waals surface area contributed by atoms with Crippen molar-refractivity contribution in [1.82, 2.24) is 4.90 Å². The molecule has 0 bridgehead atoms. The van der Waals surface area contributed by atoms with Gasteiger partial charge in [0.2, 0.25) is 5.91 Å². The average molecular weight is 263 g/mol. The summed E-state index contributed by atoms with van der Waals surface area (Å²) in [5.74, 6) is -0.0546. The molecule has 0 atom stereocenters. The van der Waals surface area contributed by atoms with Crippen LogP contribution in [0.3, 0.4) is 0 Å². The Kier molecular flexibility index (Phi) is 4.90. The fraction of sp³-hybridized carbons (Fsp3) is 0.0556. The molecule has 100 valence electrons. The van der Waals surface area contributed by atoms with E-state index in [1.807, 2.05) is 72.8 Å². The molecule has 2 aromatic rings. The Morgan fingerprint density at radius 2 is 1.35 bits per heavy atom. The van der Waals surface area contributed by atoms with Crippen LogP contribution in [0, 0.1) is 0 Å². The van der Waals surface area contributed by atoms with Crippen molar-refractivity contribution in [2.24, 2.45) is 0 Å². The van der Waals surface area contributed by atoms with Crippen LogP contribution in [0.5, 0.6) is 0 Å². The van der Waals surface area contributed by atoms with Crippen molar-refractivity contribution in [3.63, 3.8) is 0 Å². The Labute approximate surface area is 119 Å². The van der Waals surface area contributed by atoms with Crippen molar-refractivity contribution in [1.29, 1.82) is 0 Å². The number of hydrogen-bond acceptors (Lipinski definition) is 1. The molecule has 0 aliphatic rings. The fourth-order valence-corrected chi connectivity index (χ4v) is 1.68. The van der Waals surface area contributed by atoms with Crippen LogP contribution < -0.4 is 0 Å². The third kappa shape index (κ3) is 4.25. The summed E-state index contributed by atoms with van der Waals surface area (Å²) in [6.45, 7) is 0. The van der Waals surface area contributed by atoms with Crippen LogP contribution in [-0.4, -0.2) is 17.9 Å². The highest BCUT2D eigenvalue weighted by atomic mass is 16.2. The Morgan fingerprint density at radius 1 is 0.850 bits per heavy atom. The summed E-state index contributed by atoms with van der Waals surface area (Å²) in [6, 6.07) is 19.7. The van der Waals surface area contributed by atoms with E-state index in [0.717, 1.165) is 11.1 Å². The van der Waals surface area contributed by atoms with Crippen molar-refractivity contribution in [3.05, 3.63) is 84.1 Å². The number of amides is 1. The molecule has 20 heavy (non-hydrogen) atoms. The molecule has 1 amide bonds. The lowest BCUT2D eigenvalue weighted by atomic mass is 10.2. The molecular formula is C18H17NO. The van der Waals surface area contributed by atoms with E-state index >= 15 is 0 Å². The first-order valence-corrected chi connectivity index (χ1v) is 6.49. The smallest absolute Gasteiger partial charge is 0.250 e. The number of rotatable bonds is 4. The quantitative estimate of drug-likeness (QED) is 0.768. The molecule has 0 N–H and O–H groups in total. The summed E-state index contributed by atoms with van der Waals surface area (Å²) < 4.78 is 0. The third-order valence-corrected chi connectivity index (χ3v) is 2.86. The first-order chi connectivity index (χ1) is 9.75. The van der Waals surface area contributed by atoms with Gasteiger partial charge in [-0.3, -0.25) is 4.79 Å². The average Bonchev–Trinajstić information content (AvgIpc) is 2.52. The molecule has 0 radical (unpaired) electrons. The lowest BCUT2D eigenvalue weighted by Gasteiger charge is -2.08. The maximum absolute atomic E-state index is 11.9. The van der Waals surface area contributed by atoms with Gasteiger partial charge in [0, 0.05) is 19.3 Å². The van der Waals surface area contributed by atoms with Gasteiger partial charge < -0.3 is 4.90 Å². The molecular weight excluding hydrogens is 246 g/mol. The molecule has 0 spiro atoms. The van der Waals surface area contributed by atoms with Crippen LogP contribution in [0.15, 0.2) is 72.9 Å². The van der Waals surface area contributed by atoms with Gasteiger partial charge in [0.05, 0.1) is 0 Å². The number of benzene rings is 2. The first kappa shape index (κ1) is 13.8. The van der Waals surface area contributed by atoms with E-state index in [4.69, 9.17) is 0 Å². The van der Waals surface area contributed by atoms with Crippen LogP contribution in [0.25, 0.3) is 12.2 Å². The zero-order valence-corrected chi connectivity index (χ0v) is 11.4. The second-order valence-corrected chi connectivity index (χ2v) is 4.42. The minimum atomic E-state index is -0.0546. The molecule has 0 saturated carbocycles. The monoisotopic (exact) mass is 263 g/mol. The maximum Gasteiger partial charge on any atom is 0.250 e. The van der Waals surface area contributed by atoms with Gasteiger partial charge in [0.1, 0.15) is 0 Å². The Hall–Kier alpha value is -2.61. The molecule has 0 unspecified atom stereocenters.